The predicted octanol–water partition coefficient (Wildman–Crippen LogP) is 3.58. The van der Waals surface area contributed by atoms with Gasteiger partial charge in [0.05, 0.1) is 0 Å². The van der Waals surface area contributed by atoms with Gasteiger partial charge < -0.3 is 10.2 Å². The van der Waals surface area contributed by atoms with E-state index in [2.05, 4.69) is 10.2 Å². The van der Waals surface area contributed by atoms with Gasteiger partial charge in [0.15, 0.2) is 0 Å². The molecule has 0 spiro atoms. The molecule has 2 heterocycles. The van der Waals surface area contributed by atoms with Gasteiger partial charge in [-0.25, -0.2) is 0 Å². The molecule has 23 heavy (non-hydrogen) atoms. The molecular formula is C20H34N2O. The molecule has 1 amide bonds. The third kappa shape index (κ3) is 3.60. The van der Waals surface area contributed by atoms with Crippen molar-refractivity contribution in [2.45, 2.75) is 76.7 Å². The van der Waals surface area contributed by atoms with Gasteiger partial charge in [-0.05, 0) is 94.5 Å². The molecule has 4 atom stereocenters. The maximum atomic E-state index is 12.7. The molecule has 1 N–H and O–H groups in total. The van der Waals surface area contributed by atoms with Crippen molar-refractivity contribution in [3.8, 4) is 0 Å². The number of piperidine rings is 1. The summed E-state index contributed by atoms with van der Waals surface area (Å²) in [6, 6.07) is 0.583. The van der Waals surface area contributed by atoms with E-state index < -0.39 is 0 Å². The minimum Gasteiger partial charge on any atom is -0.340 e. The summed E-state index contributed by atoms with van der Waals surface area (Å²) in [6.07, 6.45) is 14.2. The molecule has 4 aliphatic rings. The van der Waals surface area contributed by atoms with E-state index in [0.717, 1.165) is 56.1 Å². The average Bonchev–Trinajstić information content (AvgIpc) is 3.30. The first-order valence-electron chi connectivity index (χ1n) is 10.3. The van der Waals surface area contributed by atoms with Crippen LogP contribution in [0.1, 0.15) is 70.6 Å². The van der Waals surface area contributed by atoms with Gasteiger partial charge in [-0.3, -0.25) is 4.79 Å². The van der Waals surface area contributed by atoms with E-state index in [1.807, 2.05) is 0 Å². The second-order valence-electron chi connectivity index (χ2n) is 8.79. The zero-order chi connectivity index (χ0) is 15.6. The highest BCUT2D eigenvalue weighted by molar-refractivity contribution is 5.76. The third-order valence-corrected chi connectivity index (χ3v) is 7.38. The fraction of sp³-hybridized carbons (Fsp3) is 0.950. The Morgan fingerprint density at radius 3 is 2.65 bits per heavy atom. The molecule has 2 bridgehead atoms. The number of fused-ring (bicyclic) bond motifs is 2. The van der Waals surface area contributed by atoms with Crippen molar-refractivity contribution < 1.29 is 4.79 Å². The topological polar surface area (TPSA) is 32.3 Å². The van der Waals surface area contributed by atoms with E-state index in [4.69, 9.17) is 0 Å². The molecule has 0 aromatic heterocycles. The minimum absolute atomic E-state index is 0.467. The van der Waals surface area contributed by atoms with Crippen molar-refractivity contribution in [1.82, 2.24) is 10.2 Å². The maximum Gasteiger partial charge on any atom is 0.222 e. The van der Waals surface area contributed by atoms with Crippen LogP contribution >= 0.6 is 0 Å². The molecule has 2 saturated carbocycles. The largest absolute Gasteiger partial charge is 0.340 e. The summed E-state index contributed by atoms with van der Waals surface area (Å²) < 4.78 is 0. The van der Waals surface area contributed by atoms with E-state index in [0.29, 0.717) is 11.9 Å². The lowest BCUT2D eigenvalue weighted by molar-refractivity contribution is -0.132. The molecule has 2 aliphatic heterocycles. The van der Waals surface area contributed by atoms with Crippen LogP contribution in [0.3, 0.4) is 0 Å². The Balaban J connectivity index is 1.26. The number of hydrogen-bond acceptors (Lipinski definition) is 2. The second kappa shape index (κ2) is 7.13. The summed E-state index contributed by atoms with van der Waals surface area (Å²) in [5.41, 5.74) is 0. The molecule has 4 unspecified atom stereocenters. The lowest BCUT2D eigenvalue weighted by atomic mass is 9.83. The number of carbonyl (C=O) groups is 1. The second-order valence-corrected chi connectivity index (χ2v) is 8.79. The highest BCUT2D eigenvalue weighted by Gasteiger charge is 2.42. The van der Waals surface area contributed by atoms with Gasteiger partial charge in [-0.15, -0.1) is 0 Å². The van der Waals surface area contributed by atoms with Crippen LogP contribution in [0, 0.1) is 23.7 Å². The number of carbonyl (C=O) groups excluding carboxylic acids is 1. The van der Waals surface area contributed by atoms with Crippen LogP contribution < -0.4 is 5.32 Å². The fourth-order valence-electron chi connectivity index (χ4n) is 6.07. The first-order chi connectivity index (χ1) is 11.3. The van der Waals surface area contributed by atoms with Gasteiger partial charge in [0.25, 0.3) is 0 Å². The normalized spacial score (nSPS) is 37.7. The van der Waals surface area contributed by atoms with Crippen molar-refractivity contribution in [2.24, 2.45) is 23.7 Å². The fourth-order valence-corrected chi connectivity index (χ4v) is 6.07. The van der Waals surface area contributed by atoms with Gasteiger partial charge in [0.2, 0.25) is 5.91 Å². The van der Waals surface area contributed by atoms with Crippen molar-refractivity contribution in [3.05, 3.63) is 0 Å². The van der Waals surface area contributed by atoms with E-state index in [9.17, 15) is 4.79 Å². The summed E-state index contributed by atoms with van der Waals surface area (Å²) in [4.78, 5) is 15.0. The zero-order valence-electron chi connectivity index (χ0n) is 14.6. The van der Waals surface area contributed by atoms with Gasteiger partial charge in [-0.2, -0.15) is 0 Å². The van der Waals surface area contributed by atoms with E-state index in [1.165, 1.54) is 57.8 Å². The summed E-state index contributed by atoms with van der Waals surface area (Å²) >= 11 is 0. The number of rotatable bonds is 5. The van der Waals surface area contributed by atoms with E-state index >= 15 is 0 Å². The van der Waals surface area contributed by atoms with Gasteiger partial charge in [0, 0.05) is 19.0 Å². The number of likely N-dealkylation sites (tertiary alicyclic amines) is 1. The smallest absolute Gasteiger partial charge is 0.222 e. The maximum absolute atomic E-state index is 12.7. The highest BCUT2D eigenvalue weighted by atomic mass is 16.2. The molecule has 3 nitrogen and oxygen atoms in total. The van der Waals surface area contributed by atoms with Gasteiger partial charge in [-0.1, -0.05) is 6.42 Å². The first kappa shape index (κ1) is 15.9. The molecule has 2 aliphatic carbocycles. The number of hydrogen-bond donors (Lipinski definition) is 1. The summed E-state index contributed by atoms with van der Waals surface area (Å²) in [6.45, 7) is 3.33. The monoisotopic (exact) mass is 318 g/mol. The Kier molecular flexibility index (Phi) is 4.93. The standard InChI is InChI=1S/C20H34N2O/c23-20(6-4-15-7-9-21-10-8-15)22-11-1-2-19(22)14-18-13-16-3-5-17(18)12-16/h15-19,21H,1-14H2. The molecule has 4 fully saturated rings. The third-order valence-electron chi connectivity index (χ3n) is 7.38. The van der Waals surface area contributed by atoms with Gasteiger partial charge >= 0.3 is 0 Å². The van der Waals surface area contributed by atoms with Crippen LogP contribution in [0.2, 0.25) is 0 Å². The summed E-state index contributed by atoms with van der Waals surface area (Å²) in [5, 5.41) is 3.42. The lowest BCUT2D eigenvalue weighted by Crippen LogP contribution is -2.37. The number of nitrogens with zero attached hydrogens (tertiary/aromatic N) is 1. The Morgan fingerprint density at radius 2 is 1.91 bits per heavy atom. The van der Waals surface area contributed by atoms with Crippen LogP contribution in [-0.4, -0.2) is 36.5 Å². The number of amides is 1. The van der Waals surface area contributed by atoms with Crippen LogP contribution in [0.5, 0.6) is 0 Å². The molecule has 0 aromatic rings. The number of nitrogens with one attached hydrogen (secondary N) is 1. The van der Waals surface area contributed by atoms with Crippen LogP contribution in [0.15, 0.2) is 0 Å². The van der Waals surface area contributed by atoms with Crippen molar-refractivity contribution in [2.75, 3.05) is 19.6 Å². The predicted molar refractivity (Wildman–Crippen MR) is 93.1 cm³/mol. The van der Waals surface area contributed by atoms with Crippen molar-refractivity contribution in [3.63, 3.8) is 0 Å². The van der Waals surface area contributed by atoms with Gasteiger partial charge in [0.1, 0.15) is 0 Å². The molecule has 0 aromatic carbocycles. The molecule has 2 saturated heterocycles. The molecule has 3 heteroatoms. The quantitative estimate of drug-likeness (QED) is 0.840. The first-order valence-corrected chi connectivity index (χ1v) is 10.3. The van der Waals surface area contributed by atoms with Crippen LogP contribution in [0.4, 0.5) is 0 Å². The Bertz CT molecular complexity index is 418. The highest BCUT2D eigenvalue weighted by Crippen LogP contribution is 2.50. The zero-order valence-corrected chi connectivity index (χ0v) is 14.6. The van der Waals surface area contributed by atoms with E-state index in [1.54, 1.807) is 0 Å². The average molecular weight is 319 g/mol. The molecular weight excluding hydrogens is 284 g/mol. The summed E-state index contributed by atoms with van der Waals surface area (Å²) in [7, 11) is 0. The minimum atomic E-state index is 0.467. The molecule has 130 valence electrons. The summed E-state index contributed by atoms with van der Waals surface area (Å²) in [5.74, 6) is 4.24. The van der Waals surface area contributed by atoms with Crippen LogP contribution in [0.25, 0.3) is 0 Å². The lowest BCUT2D eigenvalue weighted by Gasteiger charge is -2.31. The van der Waals surface area contributed by atoms with Crippen LogP contribution in [-0.2, 0) is 4.79 Å². The van der Waals surface area contributed by atoms with Crippen molar-refractivity contribution >= 4 is 5.91 Å². The SMILES string of the molecule is O=C(CCC1CCNCC1)N1CCCC1CC1CC2CCC1C2. The Hall–Kier alpha value is -0.570. The molecule has 4 rings (SSSR count). The Morgan fingerprint density at radius 1 is 1.04 bits per heavy atom. The van der Waals surface area contributed by atoms with Crippen molar-refractivity contribution in [1.29, 1.82) is 0 Å². The van der Waals surface area contributed by atoms with E-state index in [-0.39, 0.29) is 0 Å². The Labute approximate surface area is 141 Å². The molecule has 0 radical (unpaired) electrons.